The lowest BCUT2D eigenvalue weighted by Crippen LogP contribution is -2.37. The van der Waals surface area contributed by atoms with Gasteiger partial charge in [0.2, 0.25) is 0 Å². The molecule has 4 nitrogen and oxygen atoms in total. The van der Waals surface area contributed by atoms with E-state index in [4.69, 9.17) is 28.6 Å². The maximum atomic E-state index is 6.04. The Hall–Kier alpha value is -1.04. The van der Waals surface area contributed by atoms with Crippen LogP contribution in [0.3, 0.4) is 0 Å². The van der Waals surface area contributed by atoms with E-state index in [0.717, 1.165) is 35.9 Å². The van der Waals surface area contributed by atoms with E-state index >= 15 is 0 Å². The quantitative estimate of drug-likeness (QED) is 0.613. The van der Waals surface area contributed by atoms with Crippen LogP contribution in [0.15, 0.2) is 18.2 Å². The number of rotatable bonds is 7. The molecule has 0 saturated carbocycles. The Labute approximate surface area is 138 Å². The number of ether oxygens (including phenoxy) is 1. The maximum absolute atomic E-state index is 6.04. The van der Waals surface area contributed by atoms with Crippen molar-refractivity contribution in [3.63, 3.8) is 0 Å². The summed E-state index contributed by atoms with van der Waals surface area (Å²) in [6.45, 7) is 2.57. The number of nitrogens with zero attached hydrogens (tertiary/aromatic N) is 2. The van der Waals surface area contributed by atoms with Gasteiger partial charge in [0.25, 0.3) is 0 Å². The molecule has 21 heavy (non-hydrogen) atoms. The number of halogens is 1. The van der Waals surface area contributed by atoms with Crippen LogP contribution in [0.5, 0.6) is 5.75 Å². The molecule has 0 aliphatic carbocycles. The molecule has 0 radical (unpaired) electrons. The molecule has 0 aromatic heterocycles. The first-order valence-electron chi connectivity index (χ1n) is 6.90. The fourth-order valence-corrected chi connectivity index (χ4v) is 2.28. The Bertz CT molecular complexity index is 468. The molecule has 0 fully saturated rings. The van der Waals surface area contributed by atoms with Crippen LogP contribution in [-0.2, 0) is 6.54 Å². The number of thiocarbonyl (C=S) groups is 1. The molecule has 1 aromatic carbocycles. The summed E-state index contributed by atoms with van der Waals surface area (Å²) in [7, 11) is 7.75. The monoisotopic (exact) mass is 329 g/mol. The zero-order valence-corrected chi connectivity index (χ0v) is 14.7. The summed E-state index contributed by atoms with van der Waals surface area (Å²) in [6.07, 6.45) is 1.06. The highest BCUT2D eigenvalue weighted by Gasteiger charge is 2.09. The Morgan fingerprint density at radius 2 is 2.05 bits per heavy atom. The molecule has 0 aliphatic heterocycles. The van der Waals surface area contributed by atoms with Gasteiger partial charge in [0.1, 0.15) is 5.75 Å². The summed E-state index contributed by atoms with van der Waals surface area (Å²) in [4.78, 5) is 4.14. The largest absolute Gasteiger partial charge is 0.496 e. The number of benzene rings is 1. The van der Waals surface area contributed by atoms with Gasteiger partial charge in [0, 0.05) is 30.7 Å². The van der Waals surface area contributed by atoms with E-state index in [9.17, 15) is 0 Å². The zero-order chi connectivity index (χ0) is 15.8. The first kappa shape index (κ1) is 18.0. The van der Waals surface area contributed by atoms with Crippen molar-refractivity contribution in [1.82, 2.24) is 15.1 Å². The second-order valence-electron chi connectivity index (χ2n) is 5.20. The molecular weight excluding hydrogens is 306 g/mol. The lowest BCUT2D eigenvalue weighted by molar-refractivity contribution is 0.392. The Kier molecular flexibility index (Phi) is 7.78. The van der Waals surface area contributed by atoms with Gasteiger partial charge >= 0.3 is 0 Å². The third-order valence-corrected chi connectivity index (χ3v) is 3.75. The van der Waals surface area contributed by atoms with E-state index in [1.807, 2.05) is 30.1 Å². The van der Waals surface area contributed by atoms with Crippen molar-refractivity contribution in [2.45, 2.75) is 13.0 Å². The molecule has 0 heterocycles. The van der Waals surface area contributed by atoms with Gasteiger partial charge in [-0.05, 0) is 57.5 Å². The Morgan fingerprint density at radius 1 is 1.33 bits per heavy atom. The number of methoxy groups -OCH3 is 1. The molecule has 0 atom stereocenters. The summed E-state index contributed by atoms with van der Waals surface area (Å²) in [6, 6.07) is 5.60. The van der Waals surface area contributed by atoms with Crippen molar-refractivity contribution < 1.29 is 4.74 Å². The molecular formula is C15H24ClN3OS. The van der Waals surface area contributed by atoms with Crippen molar-refractivity contribution in [3.05, 3.63) is 28.8 Å². The lowest BCUT2D eigenvalue weighted by Gasteiger charge is -2.22. The van der Waals surface area contributed by atoms with E-state index in [1.54, 1.807) is 7.11 Å². The molecule has 0 saturated heterocycles. The third-order valence-electron chi connectivity index (χ3n) is 3.05. The van der Waals surface area contributed by atoms with Gasteiger partial charge in [0.15, 0.2) is 5.11 Å². The van der Waals surface area contributed by atoms with Crippen LogP contribution in [0.4, 0.5) is 0 Å². The molecule has 1 N–H and O–H groups in total. The molecule has 0 spiro atoms. The molecule has 0 bridgehead atoms. The predicted octanol–water partition coefficient (Wildman–Crippen LogP) is 2.61. The van der Waals surface area contributed by atoms with Crippen LogP contribution in [-0.4, -0.2) is 56.3 Å². The van der Waals surface area contributed by atoms with Gasteiger partial charge in [-0.15, -0.1) is 0 Å². The smallest absolute Gasteiger partial charge is 0.168 e. The van der Waals surface area contributed by atoms with Crippen LogP contribution in [0.2, 0.25) is 5.02 Å². The standard InChI is InChI=1S/C15H24ClN3OS/c1-18(2)9-5-8-17-15(21)19(3)11-12-10-13(16)6-7-14(12)20-4/h6-7,10H,5,8-9,11H2,1-4H3,(H,17,21). The Morgan fingerprint density at radius 3 is 2.67 bits per heavy atom. The average Bonchev–Trinajstić information content (AvgIpc) is 2.43. The fraction of sp³-hybridized carbons (Fsp3) is 0.533. The molecule has 0 aliphatic rings. The summed E-state index contributed by atoms with van der Waals surface area (Å²) in [5, 5.41) is 4.70. The average molecular weight is 330 g/mol. The van der Waals surface area contributed by atoms with Crippen molar-refractivity contribution in [2.75, 3.05) is 41.3 Å². The topological polar surface area (TPSA) is 27.7 Å². The third kappa shape index (κ3) is 6.50. The number of nitrogens with one attached hydrogen (secondary N) is 1. The minimum Gasteiger partial charge on any atom is -0.496 e. The van der Waals surface area contributed by atoms with Crippen molar-refractivity contribution in [1.29, 1.82) is 0 Å². The zero-order valence-electron chi connectivity index (χ0n) is 13.1. The number of hydrogen-bond donors (Lipinski definition) is 1. The first-order chi connectivity index (χ1) is 9.93. The van der Waals surface area contributed by atoms with Gasteiger partial charge < -0.3 is 19.9 Å². The van der Waals surface area contributed by atoms with Gasteiger partial charge in [-0.25, -0.2) is 0 Å². The van der Waals surface area contributed by atoms with Crippen LogP contribution < -0.4 is 10.1 Å². The highest BCUT2D eigenvalue weighted by atomic mass is 35.5. The second-order valence-corrected chi connectivity index (χ2v) is 6.02. The second kappa shape index (κ2) is 9.07. The van der Waals surface area contributed by atoms with E-state index < -0.39 is 0 Å². The fourth-order valence-electron chi connectivity index (χ4n) is 1.92. The SMILES string of the molecule is COc1ccc(Cl)cc1CN(C)C(=S)NCCCN(C)C. The normalized spacial score (nSPS) is 10.6. The van der Waals surface area contributed by atoms with Crippen molar-refractivity contribution in [2.24, 2.45) is 0 Å². The minimum atomic E-state index is 0.656. The van der Waals surface area contributed by atoms with Gasteiger partial charge in [0.05, 0.1) is 7.11 Å². The van der Waals surface area contributed by atoms with E-state index in [1.165, 1.54) is 0 Å². The molecule has 0 unspecified atom stereocenters. The van der Waals surface area contributed by atoms with Crippen molar-refractivity contribution >= 4 is 28.9 Å². The summed E-state index contributed by atoms with van der Waals surface area (Å²) < 4.78 is 5.35. The number of hydrogen-bond acceptors (Lipinski definition) is 3. The highest BCUT2D eigenvalue weighted by Crippen LogP contribution is 2.23. The lowest BCUT2D eigenvalue weighted by atomic mass is 10.2. The highest BCUT2D eigenvalue weighted by molar-refractivity contribution is 7.80. The first-order valence-corrected chi connectivity index (χ1v) is 7.68. The summed E-state index contributed by atoms with van der Waals surface area (Å²) in [5.41, 5.74) is 1.02. The van der Waals surface area contributed by atoms with Gasteiger partial charge in [-0.2, -0.15) is 0 Å². The van der Waals surface area contributed by atoms with Crippen LogP contribution in [0.1, 0.15) is 12.0 Å². The van der Waals surface area contributed by atoms with Crippen molar-refractivity contribution in [3.8, 4) is 5.75 Å². The van der Waals surface area contributed by atoms with E-state index in [0.29, 0.717) is 11.6 Å². The van der Waals surface area contributed by atoms with E-state index in [-0.39, 0.29) is 0 Å². The maximum Gasteiger partial charge on any atom is 0.168 e. The summed E-state index contributed by atoms with van der Waals surface area (Å²) >= 11 is 11.4. The van der Waals surface area contributed by atoms with Crippen LogP contribution in [0, 0.1) is 0 Å². The minimum absolute atomic E-state index is 0.656. The van der Waals surface area contributed by atoms with Crippen LogP contribution in [0.25, 0.3) is 0 Å². The molecule has 1 aromatic rings. The van der Waals surface area contributed by atoms with Gasteiger partial charge in [-0.1, -0.05) is 11.6 Å². The van der Waals surface area contributed by atoms with Crippen LogP contribution >= 0.6 is 23.8 Å². The van der Waals surface area contributed by atoms with Gasteiger partial charge in [-0.3, -0.25) is 0 Å². The molecule has 118 valence electrons. The Balaban J connectivity index is 2.50. The van der Waals surface area contributed by atoms with E-state index in [2.05, 4.69) is 24.3 Å². The molecule has 1 rings (SSSR count). The predicted molar refractivity (Wildman–Crippen MR) is 93.2 cm³/mol. The summed E-state index contributed by atoms with van der Waals surface area (Å²) in [5.74, 6) is 0.821. The molecule has 0 amide bonds. The molecule has 6 heteroatoms.